The van der Waals surface area contributed by atoms with E-state index < -0.39 is 0 Å². The van der Waals surface area contributed by atoms with Crippen LogP contribution in [0.4, 0.5) is 0 Å². The molecule has 0 spiro atoms. The highest BCUT2D eigenvalue weighted by molar-refractivity contribution is 9.10. The van der Waals surface area contributed by atoms with Crippen LogP contribution in [0.5, 0.6) is 5.75 Å². The summed E-state index contributed by atoms with van der Waals surface area (Å²) in [6, 6.07) is 8.17. The number of aryl methyl sites for hydroxylation is 1. The molecule has 102 valence electrons. The second kappa shape index (κ2) is 7.43. The van der Waals surface area contributed by atoms with E-state index in [2.05, 4.69) is 55.5 Å². The molecule has 0 aliphatic heterocycles. The first kappa shape index (κ1) is 15.0. The van der Waals surface area contributed by atoms with Crippen molar-refractivity contribution < 1.29 is 4.74 Å². The van der Waals surface area contributed by atoms with Gasteiger partial charge in [-0.15, -0.1) is 11.3 Å². The smallest absolute Gasteiger partial charge is 0.119 e. The van der Waals surface area contributed by atoms with Gasteiger partial charge in [-0.2, -0.15) is 0 Å². The van der Waals surface area contributed by atoms with Gasteiger partial charge in [0.25, 0.3) is 0 Å². The molecule has 0 bridgehead atoms. The molecule has 1 aromatic carbocycles. The maximum absolute atomic E-state index is 5.70. The van der Waals surface area contributed by atoms with Crippen molar-refractivity contribution >= 4 is 43.2 Å². The van der Waals surface area contributed by atoms with Crippen molar-refractivity contribution in [2.45, 2.75) is 13.5 Å². The summed E-state index contributed by atoms with van der Waals surface area (Å²) in [6.07, 6.45) is 0. The summed E-state index contributed by atoms with van der Waals surface area (Å²) in [4.78, 5) is 1.33. The average molecular weight is 405 g/mol. The minimum absolute atomic E-state index is 0.674. The maximum Gasteiger partial charge on any atom is 0.119 e. The van der Waals surface area contributed by atoms with Crippen LogP contribution in [0.2, 0.25) is 0 Å². The van der Waals surface area contributed by atoms with E-state index in [-0.39, 0.29) is 0 Å². The number of hydrogen-bond donors (Lipinski definition) is 1. The lowest BCUT2D eigenvalue weighted by Gasteiger charge is -2.08. The zero-order chi connectivity index (χ0) is 13.7. The first-order valence-electron chi connectivity index (χ1n) is 5.98. The second-order valence-corrected chi connectivity index (χ2v) is 6.93. The third-order valence-electron chi connectivity index (χ3n) is 2.60. The highest BCUT2D eigenvalue weighted by Gasteiger charge is 1.99. The van der Waals surface area contributed by atoms with Crippen LogP contribution < -0.4 is 10.1 Å². The molecule has 5 heteroatoms. The number of nitrogens with one attached hydrogen (secondary N) is 1. The topological polar surface area (TPSA) is 21.3 Å². The zero-order valence-corrected chi connectivity index (χ0v) is 14.6. The SMILES string of the molecule is Cc1cc(OCCNCc2cc(Br)cs2)ccc1Br. The molecular weight excluding hydrogens is 390 g/mol. The van der Waals surface area contributed by atoms with Gasteiger partial charge in [0.1, 0.15) is 12.4 Å². The Morgan fingerprint density at radius 3 is 2.79 bits per heavy atom. The summed E-state index contributed by atoms with van der Waals surface area (Å²) < 4.78 is 7.96. The van der Waals surface area contributed by atoms with Crippen LogP contribution in [0, 0.1) is 6.92 Å². The van der Waals surface area contributed by atoms with E-state index in [1.54, 1.807) is 11.3 Å². The predicted molar refractivity (Wildman–Crippen MR) is 88.1 cm³/mol. The van der Waals surface area contributed by atoms with E-state index in [0.29, 0.717) is 6.61 Å². The van der Waals surface area contributed by atoms with Crippen molar-refractivity contribution in [3.8, 4) is 5.75 Å². The Morgan fingerprint density at radius 2 is 2.11 bits per heavy atom. The minimum Gasteiger partial charge on any atom is -0.492 e. The Morgan fingerprint density at radius 1 is 1.26 bits per heavy atom. The number of thiophene rings is 1. The van der Waals surface area contributed by atoms with E-state index in [4.69, 9.17) is 4.74 Å². The van der Waals surface area contributed by atoms with Gasteiger partial charge in [-0.3, -0.25) is 0 Å². The van der Waals surface area contributed by atoms with Crippen molar-refractivity contribution in [1.29, 1.82) is 0 Å². The van der Waals surface area contributed by atoms with Gasteiger partial charge in [0, 0.05) is 32.3 Å². The number of hydrogen-bond acceptors (Lipinski definition) is 3. The monoisotopic (exact) mass is 403 g/mol. The van der Waals surface area contributed by atoms with Gasteiger partial charge in [-0.1, -0.05) is 15.9 Å². The number of rotatable bonds is 6. The lowest BCUT2D eigenvalue weighted by Crippen LogP contribution is -2.20. The third-order valence-corrected chi connectivity index (χ3v) is 5.19. The molecule has 0 amide bonds. The third kappa shape index (κ3) is 4.91. The Hall–Kier alpha value is -0.360. The van der Waals surface area contributed by atoms with Crippen LogP contribution in [0.15, 0.2) is 38.6 Å². The van der Waals surface area contributed by atoms with Gasteiger partial charge >= 0.3 is 0 Å². The van der Waals surface area contributed by atoms with Crippen LogP contribution in [0.3, 0.4) is 0 Å². The quantitative estimate of drug-likeness (QED) is 0.701. The molecule has 0 saturated heterocycles. The van der Waals surface area contributed by atoms with Crippen molar-refractivity contribution in [2.75, 3.05) is 13.2 Å². The molecule has 1 aromatic heterocycles. The molecule has 0 fully saturated rings. The molecular formula is C14H15Br2NOS. The van der Waals surface area contributed by atoms with Gasteiger partial charge in [-0.05, 0) is 52.7 Å². The Kier molecular flexibility index (Phi) is 5.88. The lowest BCUT2D eigenvalue weighted by atomic mass is 10.2. The first-order valence-corrected chi connectivity index (χ1v) is 8.44. The number of ether oxygens (including phenoxy) is 1. The van der Waals surface area contributed by atoms with Gasteiger partial charge in [0.05, 0.1) is 0 Å². The molecule has 0 atom stereocenters. The first-order chi connectivity index (χ1) is 9.15. The molecule has 1 N–H and O–H groups in total. The van der Waals surface area contributed by atoms with Gasteiger partial charge in [-0.25, -0.2) is 0 Å². The fourth-order valence-corrected chi connectivity index (χ4v) is 3.27. The molecule has 0 saturated carbocycles. The van der Waals surface area contributed by atoms with Crippen LogP contribution in [0.1, 0.15) is 10.4 Å². The molecule has 0 radical (unpaired) electrons. The molecule has 2 nitrogen and oxygen atoms in total. The number of benzene rings is 1. The second-order valence-electron chi connectivity index (χ2n) is 4.17. The normalized spacial score (nSPS) is 10.7. The summed E-state index contributed by atoms with van der Waals surface area (Å²) in [5.41, 5.74) is 1.19. The van der Waals surface area contributed by atoms with Crippen molar-refractivity contribution in [2.24, 2.45) is 0 Å². The van der Waals surface area contributed by atoms with Crippen LogP contribution in [-0.4, -0.2) is 13.2 Å². The fourth-order valence-electron chi connectivity index (χ4n) is 1.61. The standard InChI is InChI=1S/C14H15Br2NOS/c1-10-6-12(2-3-14(10)16)18-5-4-17-8-13-7-11(15)9-19-13/h2-3,6-7,9,17H,4-5,8H2,1H3. The maximum atomic E-state index is 5.70. The summed E-state index contributed by atoms with van der Waals surface area (Å²) >= 11 is 8.68. The van der Waals surface area contributed by atoms with E-state index in [9.17, 15) is 0 Å². The molecule has 1 heterocycles. The lowest BCUT2D eigenvalue weighted by molar-refractivity contribution is 0.313. The molecule has 0 aliphatic rings. The van der Waals surface area contributed by atoms with Crippen LogP contribution >= 0.6 is 43.2 Å². The molecule has 2 rings (SSSR count). The van der Waals surface area contributed by atoms with E-state index >= 15 is 0 Å². The van der Waals surface area contributed by atoms with Crippen molar-refractivity contribution in [1.82, 2.24) is 5.32 Å². The Balaban J connectivity index is 1.67. The van der Waals surface area contributed by atoms with Crippen LogP contribution in [-0.2, 0) is 6.54 Å². The Bertz CT molecular complexity index is 542. The molecule has 2 aromatic rings. The summed E-state index contributed by atoms with van der Waals surface area (Å²) in [6.45, 7) is 4.46. The largest absolute Gasteiger partial charge is 0.492 e. The summed E-state index contributed by atoms with van der Waals surface area (Å²) in [5.74, 6) is 0.918. The van der Waals surface area contributed by atoms with Crippen molar-refractivity contribution in [3.63, 3.8) is 0 Å². The summed E-state index contributed by atoms with van der Waals surface area (Å²) in [7, 11) is 0. The Labute approximate surface area is 134 Å². The predicted octanol–water partition coefficient (Wildman–Crippen LogP) is 4.75. The highest BCUT2D eigenvalue weighted by Crippen LogP contribution is 2.21. The molecule has 0 unspecified atom stereocenters. The van der Waals surface area contributed by atoms with Gasteiger partial charge in [0.15, 0.2) is 0 Å². The minimum atomic E-state index is 0.674. The fraction of sp³-hybridized carbons (Fsp3) is 0.286. The van der Waals surface area contributed by atoms with Crippen molar-refractivity contribution in [3.05, 3.63) is 49.0 Å². The van der Waals surface area contributed by atoms with E-state index in [0.717, 1.165) is 27.8 Å². The van der Waals surface area contributed by atoms with Gasteiger partial charge < -0.3 is 10.1 Å². The van der Waals surface area contributed by atoms with E-state index in [1.165, 1.54) is 10.4 Å². The molecule has 19 heavy (non-hydrogen) atoms. The summed E-state index contributed by atoms with van der Waals surface area (Å²) in [5, 5.41) is 5.46. The zero-order valence-electron chi connectivity index (χ0n) is 10.6. The van der Waals surface area contributed by atoms with Crippen LogP contribution in [0.25, 0.3) is 0 Å². The van der Waals surface area contributed by atoms with Gasteiger partial charge in [0.2, 0.25) is 0 Å². The average Bonchev–Trinajstić information content (AvgIpc) is 2.79. The number of halogens is 2. The van der Waals surface area contributed by atoms with E-state index in [1.807, 2.05) is 18.2 Å². The molecule has 0 aliphatic carbocycles. The highest BCUT2D eigenvalue weighted by atomic mass is 79.9.